The fourth-order valence-corrected chi connectivity index (χ4v) is 17.5. The molecule has 4 nitrogen and oxygen atoms in total. The number of aromatic nitrogens is 3. The van der Waals surface area contributed by atoms with Crippen LogP contribution in [0.5, 0.6) is 0 Å². The predicted molar refractivity (Wildman–Crippen MR) is 357 cm³/mol. The minimum atomic E-state index is 0.0161. The number of hydrogen-bond acceptors (Lipinski definition) is 4. The van der Waals surface area contributed by atoms with Crippen LogP contribution in [-0.4, -0.2) is 21.4 Å². The Balaban J connectivity index is 1.06. The summed E-state index contributed by atoms with van der Waals surface area (Å²) in [5, 5.41) is 12.3. The number of para-hydroxylation sites is 1. The number of hydrogen-bond donors (Lipinski definition) is 1. The van der Waals surface area contributed by atoms with Crippen molar-refractivity contribution in [2.24, 2.45) is 0 Å². The van der Waals surface area contributed by atoms with Gasteiger partial charge >= 0.3 is 0 Å². The van der Waals surface area contributed by atoms with Crippen LogP contribution in [0.25, 0.3) is 107 Å². The molecule has 7 heteroatoms. The van der Waals surface area contributed by atoms with Crippen LogP contribution in [0.4, 0.5) is 11.4 Å². The van der Waals surface area contributed by atoms with Crippen molar-refractivity contribution < 1.29 is 0 Å². The summed E-state index contributed by atoms with van der Waals surface area (Å²) in [7, 11) is 0.758. The van der Waals surface area contributed by atoms with E-state index in [4.69, 9.17) is 4.98 Å². The molecule has 404 valence electrons. The fourth-order valence-electron chi connectivity index (χ4n) is 15.0. The van der Waals surface area contributed by atoms with Gasteiger partial charge in [0, 0.05) is 90.5 Å². The number of rotatable bonds is 5. The maximum Gasteiger partial charge on any atom is 0.198 e. The maximum absolute atomic E-state index is 5.60. The molecule has 0 spiro atoms. The molecule has 82 heavy (non-hydrogen) atoms. The van der Waals surface area contributed by atoms with Crippen LogP contribution in [0, 0.1) is 0 Å². The predicted octanol–water partition coefficient (Wildman–Crippen LogP) is 19.6. The Labute approximate surface area is 490 Å². The molecule has 0 amide bonds. The number of nitrogens with zero attached hydrogens (tertiary/aromatic N) is 3. The first-order valence-electron chi connectivity index (χ1n) is 29.8. The molecular formula is C75H69BN4S2. The maximum atomic E-state index is 5.60. The van der Waals surface area contributed by atoms with E-state index in [9.17, 15) is 0 Å². The zero-order valence-corrected chi connectivity index (χ0v) is 50.8. The lowest BCUT2D eigenvalue weighted by Gasteiger charge is -2.42. The molecule has 1 N–H and O–H groups in total. The fraction of sp³-hybridized carbons (Fsp3) is 0.267. The number of nitrogens with one attached hydrogen (secondary N) is 1. The monoisotopic (exact) mass is 1100 g/mol. The quantitative estimate of drug-likeness (QED) is 0.174. The van der Waals surface area contributed by atoms with E-state index in [1.807, 2.05) is 22.7 Å². The zero-order valence-electron chi connectivity index (χ0n) is 49.2. The van der Waals surface area contributed by atoms with Crippen LogP contribution >= 0.6 is 22.7 Å². The average Bonchev–Trinajstić information content (AvgIpc) is 3.10. The normalized spacial score (nSPS) is 16.8. The second kappa shape index (κ2) is 17.1. The van der Waals surface area contributed by atoms with E-state index in [2.05, 4.69) is 248 Å². The summed E-state index contributed by atoms with van der Waals surface area (Å²) in [6, 6.07) is 60.6. The topological polar surface area (TPSA) is 34.8 Å². The molecule has 0 saturated heterocycles. The van der Waals surface area contributed by atoms with Crippen LogP contribution < -0.4 is 16.2 Å². The van der Waals surface area contributed by atoms with Gasteiger partial charge in [0.05, 0.1) is 16.6 Å². The first-order chi connectivity index (χ1) is 39.2. The van der Waals surface area contributed by atoms with Crippen molar-refractivity contribution in [3.63, 3.8) is 0 Å². The minimum Gasteiger partial charge on any atom is -0.355 e. The molecule has 13 aromatic rings. The van der Waals surface area contributed by atoms with Crippen molar-refractivity contribution in [1.82, 2.24) is 14.1 Å². The summed E-state index contributed by atoms with van der Waals surface area (Å²) in [6.07, 6.45) is 4.69. The standard InChI is InChI=1S/C75H69BN4S2/c1-71(2,3)43-26-28-44(29-27-43)77-56-36-48-47-34-51-54(75(10,11)33-31-72(51,4)5)39-63(47)81-62(48)37-49(56)66-67-68-64(65-46-24-18-19-25-61(46)82-69(65)66)50-35-52-53(74(8,9)32-30-73(52,6)7)38-58(50)80(68)59-41-60-57(40-55(59)76-67)78-70(42-20-14-12-15-21-42)79(60)45-22-16-13-17-23-45/h12-29,34-41,76-77H,30-33H2,1-11H3. The largest absolute Gasteiger partial charge is 0.355 e. The molecule has 2 aliphatic carbocycles. The Morgan fingerprint density at radius 1 is 0.524 bits per heavy atom. The van der Waals surface area contributed by atoms with Crippen molar-refractivity contribution in [3.8, 4) is 33.9 Å². The van der Waals surface area contributed by atoms with Crippen LogP contribution in [0.1, 0.15) is 130 Å². The Hall–Kier alpha value is -7.45. The van der Waals surface area contributed by atoms with Crippen molar-refractivity contribution in [1.29, 1.82) is 0 Å². The van der Waals surface area contributed by atoms with Gasteiger partial charge in [-0.3, -0.25) is 4.57 Å². The molecule has 1 aliphatic heterocycles. The molecule has 0 fully saturated rings. The third-order valence-electron chi connectivity index (χ3n) is 20.0. The third-order valence-corrected chi connectivity index (χ3v) is 22.3. The van der Waals surface area contributed by atoms with Crippen LogP contribution in [0.2, 0.25) is 0 Å². The van der Waals surface area contributed by atoms with Crippen LogP contribution in [0.15, 0.2) is 158 Å². The second-order valence-electron chi connectivity index (χ2n) is 28.1. The van der Waals surface area contributed by atoms with Gasteiger partial charge in [-0.1, -0.05) is 160 Å². The molecular weight excluding hydrogens is 1030 g/mol. The van der Waals surface area contributed by atoms with Crippen molar-refractivity contribution in [2.75, 3.05) is 5.32 Å². The van der Waals surface area contributed by atoms with Gasteiger partial charge in [-0.05, 0) is 170 Å². The van der Waals surface area contributed by atoms with E-state index < -0.39 is 0 Å². The lowest BCUT2D eigenvalue weighted by atomic mass is 9.58. The summed E-state index contributed by atoms with van der Waals surface area (Å²) in [5.74, 6) is 0.950. The Morgan fingerprint density at radius 2 is 1.12 bits per heavy atom. The highest BCUT2D eigenvalue weighted by Gasteiger charge is 2.41. The summed E-state index contributed by atoms with van der Waals surface area (Å²) in [6.45, 7) is 26.7. The van der Waals surface area contributed by atoms with Crippen LogP contribution in [0.3, 0.4) is 0 Å². The molecule has 16 rings (SSSR count). The van der Waals surface area contributed by atoms with Gasteiger partial charge in [-0.25, -0.2) is 4.98 Å². The van der Waals surface area contributed by atoms with E-state index in [1.165, 1.54) is 131 Å². The summed E-state index contributed by atoms with van der Waals surface area (Å²) in [5.41, 5.74) is 23.3. The number of thiophene rings is 2. The highest BCUT2D eigenvalue weighted by molar-refractivity contribution is 7.27. The Morgan fingerprint density at radius 3 is 1.80 bits per heavy atom. The third kappa shape index (κ3) is 7.30. The first kappa shape index (κ1) is 50.3. The summed E-state index contributed by atoms with van der Waals surface area (Å²) >= 11 is 3.95. The minimum absolute atomic E-state index is 0.0161. The molecule has 3 aliphatic rings. The molecule has 0 bridgehead atoms. The Bertz CT molecular complexity index is 4880. The van der Waals surface area contributed by atoms with Gasteiger partial charge in [0.2, 0.25) is 0 Å². The lowest BCUT2D eigenvalue weighted by molar-refractivity contribution is 0.332. The molecule has 4 aromatic heterocycles. The smallest absolute Gasteiger partial charge is 0.198 e. The molecule has 9 aromatic carbocycles. The molecule has 0 atom stereocenters. The zero-order chi connectivity index (χ0) is 56.1. The number of fused-ring (bicyclic) bond motifs is 15. The van der Waals surface area contributed by atoms with Crippen LogP contribution in [-0.2, 0) is 27.1 Å². The molecule has 0 unspecified atom stereocenters. The first-order valence-corrected chi connectivity index (χ1v) is 31.4. The van der Waals surface area contributed by atoms with Crippen molar-refractivity contribution in [3.05, 3.63) is 186 Å². The van der Waals surface area contributed by atoms with Crippen molar-refractivity contribution >= 4 is 125 Å². The van der Waals surface area contributed by atoms with Gasteiger partial charge in [-0.2, -0.15) is 0 Å². The number of anilines is 2. The highest BCUT2D eigenvalue weighted by atomic mass is 32.1. The number of imidazole rings is 1. The second-order valence-corrected chi connectivity index (χ2v) is 30.3. The Kier molecular flexibility index (Phi) is 10.5. The summed E-state index contributed by atoms with van der Waals surface area (Å²) < 4.78 is 10.5. The van der Waals surface area contributed by atoms with E-state index >= 15 is 0 Å². The molecule has 5 heterocycles. The van der Waals surface area contributed by atoms with E-state index in [0.29, 0.717) is 0 Å². The van der Waals surface area contributed by atoms with E-state index in [1.54, 1.807) is 0 Å². The van der Waals surface area contributed by atoms with E-state index in [-0.39, 0.29) is 27.1 Å². The van der Waals surface area contributed by atoms with Crippen molar-refractivity contribution in [2.45, 2.75) is 129 Å². The molecule has 0 radical (unpaired) electrons. The SMILES string of the molecule is CC(C)(C)c1ccc(Nc2cc3c(cc2-c2c4c5c(c6cc7c(cc6n5-c5cc6c(cc5B4)nc(-c4ccccc4)n6-c4ccccc4)C(C)(C)CCC7(C)C)c4c2sc2ccccc24)sc2cc4c(cc23)C(C)(C)CCC4(C)C)cc1. The average molecular weight is 1100 g/mol. The van der Waals surface area contributed by atoms with E-state index in [0.717, 1.165) is 59.6 Å². The van der Waals surface area contributed by atoms with Gasteiger partial charge in [0.1, 0.15) is 5.82 Å². The van der Waals surface area contributed by atoms with Gasteiger partial charge in [0.15, 0.2) is 7.28 Å². The van der Waals surface area contributed by atoms with Gasteiger partial charge in [-0.15, -0.1) is 22.7 Å². The molecule has 0 saturated carbocycles. The summed E-state index contributed by atoms with van der Waals surface area (Å²) in [4.78, 5) is 5.60. The van der Waals surface area contributed by atoms with Gasteiger partial charge in [0.25, 0.3) is 0 Å². The van der Waals surface area contributed by atoms with Gasteiger partial charge < -0.3 is 9.88 Å². The number of benzene rings is 9. The lowest BCUT2D eigenvalue weighted by Crippen LogP contribution is -2.37. The highest BCUT2D eigenvalue weighted by Crippen LogP contribution is 2.55.